The highest BCUT2D eigenvalue weighted by Gasteiger charge is 2.43. The van der Waals surface area contributed by atoms with Gasteiger partial charge in [-0.3, -0.25) is 10.3 Å². The van der Waals surface area contributed by atoms with Crippen molar-refractivity contribution in [3.63, 3.8) is 0 Å². The fourth-order valence-corrected chi connectivity index (χ4v) is 6.84. The topological polar surface area (TPSA) is 38.3 Å². The van der Waals surface area contributed by atoms with Gasteiger partial charge in [-0.15, -0.1) is 0 Å². The van der Waals surface area contributed by atoms with Crippen LogP contribution in [0.4, 0.5) is 0 Å². The molecule has 0 aliphatic rings. The minimum Gasteiger partial charge on any atom is -0.305 e. The lowest BCUT2D eigenvalue weighted by Crippen LogP contribution is -2.70. The van der Waals surface area contributed by atoms with E-state index in [1.807, 2.05) is 61.5 Å². The summed E-state index contributed by atoms with van der Waals surface area (Å²) in [6, 6.07) is 30.9. The van der Waals surface area contributed by atoms with Crippen molar-refractivity contribution in [3.05, 3.63) is 103 Å². The molecule has 0 aliphatic heterocycles. The first-order chi connectivity index (χ1) is 13.1. The van der Waals surface area contributed by atoms with E-state index in [2.05, 4.69) is 41.9 Å². The lowest BCUT2D eigenvalue weighted by molar-refractivity contribution is -0.112. The third kappa shape index (κ3) is 4.24. The average molecular weight is 374 g/mol. The summed E-state index contributed by atoms with van der Waals surface area (Å²) in [6.45, 7) is 3.36. The molecule has 136 valence electrons. The van der Waals surface area contributed by atoms with Gasteiger partial charge in [0.2, 0.25) is 0 Å². The van der Waals surface area contributed by atoms with Crippen molar-refractivity contribution in [2.45, 2.75) is 13.8 Å². The lowest BCUT2D eigenvalue weighted by atomic mass is 10.3. The summed E-state index contributed by atoms with van der Waals surface area (Å²) in [5, 5.41) is 3.39. The van der Waals surface area contributed by atoms with E-state index < -0.39 is 8.32 Å². The highest BCUT2D eigenvalue weighted by molar-refractivity contribution is 7.07. The molecule has 27 heavy (non-hydrogen) atoms. The van der Waals surface area contributed by atoms with E-state index in [1.165, 1.54) is 6.92 Å². The SMILES string of the molecule is CC(=O)C=C(C)NO[Si](c1ccccc1)(c1ccccc1)c1ccccc1. The Bertz CT molecular complexity index is 812. The van der Waals surface area contributed by atoms with Crippen molar-refractivity contribution in [2.24, 2.45) is 0 Å². The normalized spacial score (nSPS) is 11.9. The summed E-state index contributed by atoms with van der Waals surface area (Å²) in [4.78, 5) is 11.4. The quantitative estimate of drug-likeness (QED) is 0.299. The number of hydrogen-bond donors (Lipinski definition) is 1. The van der Waals surface area contributed by atoms with Crippen LogP contribution in [0, 0.1) is 0 Å². The third-order valence-corrected chi connectivity index (χ3v) is 8.17. The number of ketones is 1. The summed E-state index contributed by atoms with van der Waals surface area (Å²) in [6.07, 6.45) is 1.54. The van der Waals surface area contributed by atoms with E-state index in [-0.39, 0.29) is 5.78 Å². The molecule has 0 heterocycles. The zero-order valence-corrected chi connectivity index (χ0v) is 16.6. The van der Waals surface area contributed by atoms with Crippen LogP contribution in [-0.4, -0.2) is 14.1 Å². The minimum atomic E-state index is -2.80. The Balaban J connectivity index is 2.18. The van der Waals surface area contributed by atoms with Crippen LogP contribution < -0.4 is 21.0 Å². The third-order valence-electron chi connectivity index (χ3n) is 4.33. The summed E-state index contributed by atoms with van der Waals surface area (Å²) >= 11 is 0. The van der Waals surface area contributed by atoms with Gasteiger partial charge < -0.3 is 4.53 Å². The molecule has 0 saturated carbocycles. The molecule has 3 aromatic rings. The molecule has 0 radical (unpaired) electrons. The molecule has 3 aromatic carbocycles. The van der Waals surface area contributed by atoms with Crippen molar-refractivity contribution in [1.29, 1.82) is 0 Å². The van der Waals surface area contributed by atoms with Gasteiger partial charge in [0.1, 0.15) is 0 Å². The fourth-order valence-electron chi connectivity index (χ4n) is 3.19. The molecule has 0 spiro atoms. The average Bonchev–Trinajstić information content (AvgIpc) is 2.70. The molecule has 0 bridgehead atoms. The van der Waals surface area contributed by atoms with Crippen molar-refractivity contribution >= 4 is 29.7 Å². The first-order valence-corrected chi connectivity index (χ1v) is 10.8. The maximum atomic E-state index is 11.4. The maximum absolute atomic E-state index is 11.4. The van der Waals surface area contributed by atoms with E-state index in [4.69, 9.17) is 4.53 Å². The van der Waals surface area contributed by atoms with E-state index in [0.29, 0.717) is 5.70 Å². The van der Waals surface area contributed by atoms with Gasteiger partial charge in [-0.2, -0.15) is 0 Å². The molecule has 0 atom stereocenters. The van der Waals surface area contributed by atoms with Gasteiger partial charge in [0.05, 0.1) is 0 Å². The first-order valence-electron chi connectivity index (χ1n) is 8.92. The standard InChI is InChI=1S/C23H23NO2Si/c1-19(18-20(2)25)24-26-27(21-12-6-3-7-13-21,22-14-8-4-9-15-22)23-16-10-5-11-17-23/h3-18,24H,1-2H3. The second kappa shape index (κ2) is 8.62. The molecule has 1 N–H and O–H groups in total. The van der Waals surface area contributed by atoms with Gasteiger partial charge in [-0.25, -0.2) is 0 Å². The highest BCUT2D eigenvalue weighted by Crippen LogP contribution is 2.09. The number of rotatable bonds is 7. The molecule has 0 aliphatic carbocycles. The molecule has 3 nitrogen and oxygen atoms in total. The second-order valence-corrected chi connectivity index (χ2v) is 9.72. The molecule has 4 heteroatoms. The largest absolute Gasteiger partial charge is 0.321 e. The maximum Gasteiger partial charge on any atom is 0.321 e. The number of hydrogen-bond acceptors (Lipinski definition) is 3. The van der Waals surface area contributed by atoms with Crippen LogP contribution in [0.15, 0.2) is 103 Å². The van der Waals surface area contributed by atoms with Gasteiger partial charge in [0.15, 0.2) is 5.78 Å². The summed E-state index contributed by atoms with van der Waals surface area (Å²) < 4.78 is 6.52. The van der Waals surface area contributed by atoms with Crippen LogP contribution in [0.2, 0.25) is 0 Å². The number of hydroxylamine groups is 1. The van der Waals surface area contributed by atoms with Crippen LogP contribution >= 0.6 is 0 Å². The highest BCUT2D eigenvalue weighted by atomic mass is 28.4. The lowest BCUT2D eigenvalue weighted by Gasteiger charge is -2.32. The van der Waals surface area contributed by atoms with Crippen molar-refractivity contribution in [2.75, 3.05) is 0 Å². The number of nitrogens with one attached hydrogen (secondary N) is 1. The van der Waals surface area contributed by atoms with E-state index >= 15 is 0 Å². The van der Waals surface area contributed by atoms with Crippen molar-refractivity contribution in [1.82, 2.24) is 5.48 Å². The summed E-state index contributed by atoms with van der Waals surface area (Å²) in [7, 11) is -2.80. The monoisotopic (exact) mass is 373 g/mol. The van der Waals surface area contributed by atoms with Gasteiger partial charge in [0.25, 0.3) is 0 Å². The van der Waals surface area contributed by atoms with Crippen LogP contribution in [0.5, 0.6) is 0 Å². The molecule has 0 saturated heterocycles. The van der Waals surface area contributed by atoms with Crippen molar-refractivity contribution in [3.8, 4) is 0 Å². The molecular weight excluding hydrogens is 350 g/mol. The van der Waals surface area contributed by atoms with Crippen LogP contribution in [0.25, 0.3) is 0 Å². The number of benzene rings is 3. The van der Waals surface area contributed by atoms with Gasteiger partial charge in [-0.05, 0) is 29.4 Å². The van der Waals surface area contributed by atoms with Crippen LogP contribution in [0.3, 0.4) is 0 Å². The number of carbonyl (C=O) groups excluding carboxylic acids is 1. The Labute approximate surface area is 161 Å². The summed E-state index contributed by atoms with van der Waals surface area (Å²) in [5.74, 6) is -0.0185. The first kappa shape index (κ1) is 18.8. The molecule has 3 rings (SSSR count). The van der Waals surface area contributed by atoms with Crippen LogP contribution in [0.1, 0.15) is 13.8 Å². The van der Waals surface area contributed by atoms with Gasteiger partial charge >= 0.3 is 8.32 Å². The second-order valence-electron chi connectivity index (χ2n) is 6.42. The molecule has 0 amide bonds. The predicted octanol–water partition coefficient (Wildman–Crippen LogP) is 2.67. The smallest absolute Gasteiger partial charge is 0.305 e. The number of allylic oxidation sites excluding steroid dienone is 2. The Morgan fingerprint density at radius 3 is 1.44 bits per heavy atom. The van der Waals surface area contributed by atoms with E-state index in [0.717, 1.165) is 15.6 Å². The molecule has 0 unspecified atom stereocenters. The van der Waals surface area contributed by atoms with Gasteiger partial charge in [0, 0.05) is 11.8 Å². The molecular formula is C23H23NO2Si. The fraction of sp³-hybridized carbons (Fsp3) is 0.0870. The minimum absolute atomic E-state index is 0.0185. The molecule has 0 fully saturated rings. The molecule has 0 aromatic heterocycles. The zero-order valence-electron chi connectivity index (χ0n) is 15.6. The predicted molar refractivity (Wildman–Crippen MR) is 113 cm³/mol. The summed E-state index contributed by atoms with van der Waals surface area (Å²) in [5.41, 5.74) is 3.73. The van der Waals surface area contributed by atoms with Gasteiger partial charge in [-0.1, -0.05) is 91.0 Å². The Hall–Kier alpha value is -2.95. The van der Waals surface area contributed by atoms with E-state index in [9.17, 15) is 4.79 Å². The number of carbonyl (C=O) groups is 1. The Kier molecular flexibility index (Phi) is 6.01. The Morgan fingerprint density at radius 2 is 1.11 bits per heavy atom. The Morgan fingerprint density at radius 1 is 0.741 bits per heavy atom. The van der Waals surface area contributed by atoms with E-state index in [1.54, 1.807) is 6.08 Å². The van der Waals surface area contributed by atoms with Crippen molar-refractivity contribution < 1.29 is 9.32 Å². The van der Waals surface area contributed by atoms with Crippen LogP contribution in [-0.2, 0) is 9.32 Å². The zero-order chi connectivity index (χ0) is 19.1.